The quantitative estimate of drug-likeness (QED) is 0.405. The molecule has 0 radical (unpaired) electrons. The van der Waals surface area contributed by atoms with Crippen molar-refractivity contribution in [2.75, 3.05) is 5.32 Å². The van der Waals surface area contributed by atoms with Crippen molar-refractivity contribution in [3.05, 3.63) is 78.5 Å². The highest BCUT2D eigenvalue weighted by Gasteiger charge is 2.14. The maximum atomic E-state index is 12.4. The van der Waals surface area contributed by atoms with E-state index in [4.69, 9.17) is 0 Å². The summed E-state index contributed by atoms with van der Waals surface area (Å²) >= 11 is 0. The maximum Gasteiger partial charge on any atom is 0.183 e. The Morgan fingerprint density at radius 2 is 1.81 bits per heavy atom. The fraction of sp³-hybridized carbons (Fsp3) is 0.240. The average molecular weight is 412 g/mol. The number of aromatic nitrogens is 4. The standard InChI is InChI=1S/C25H25N5O/c1-16(2)11-24(31)23-14-26-13-22(30-23)19-9-10-21-20(12-19)25(28-15-27-21)29-17(3)18-7-5-4-6-8-18/h4-10,12-17H,11H2,1-3H3,(H,27,28,29)/t17-/m1/s1. The summed E-state index contributed by atoms with van der Waals surface area (Å²) in [6, 6.07) is 16.2. The molecule has 4 aromatic rings. The lowest BCUT2D eigenvalue weighted by molar-refractivity contribution is 0.0962. The molecule has 4 rings (SSSR count). The van der Waals surface area contributed by atoms with E-state index >= 15 is 0 Å². The Hall–Kier alpha value is -3.67. The van der Waals surface area contributed by atoms with Crippen LogP contribution in [0, 0.1) is 5.92 Å². The van der Waals surface area contributed by atoms with E-state index in [-0.39, 0.29) is 17.7 Å². The summed E-state index contributed by atoms with van der Waals surface area (Å²) in [6.07, 6.45) is 5.23. The van der Waals surface area contributed by atoms with Gasteiger partial charge in [0.2, 0.25) is 0 Å². The Morgan fingerprint density at radius 1 is 1.00 bits per heavy atom. The molecule has 0 spiro atoms. The third-order valence-corrected chi connectivity index (χ3v) is 5.10. The lowest BCUT2D eigenvalue weighted by Gasteiger charge is -2.16. The number of carbonyl (C=O) groups excluding carboxylic acids is 1. The van der Waals surface area contributed by atoms with E-state index in [1.54, 1.807) is 12.5 Å². The Morgan fingerprint density at radius 3 is 2.58 bits per heavy atom. The van der Waals surface area contributed by atoms with Gasteiger partial charge in [0.05, 0.1) is 23.6 Å². The number of hydrogen-bond acceptors (Lipinski definition) is 6. The third-order valence-electron chi connectivity index (χ3n) is 5.10. The van der Waals surface area contributed by atoms with Gasteiger partial charge in [0.25, 0.3) is 0 Å². The molecule has 6 nitrogen and oxygen atoms in total. The number of Topliss-reactive ketones (excluding diaryl/α,β-unsaturated/α-hetero) is 1. The smallest absolute Gasteiger partial charge is 0.183 e. The first-order chi connectivity index (χ1) is 15.0. The van der Waals surface area contributed by atoms with Crippen LogP contribution < -0.4 is 5.32 Å². The molecule has 2 aromatic carbocycles. The highest BCUT2D eigenvalue weighted by atomic mass is 16.1. The monoisotopic (exact) mass is 411 g/mol. The van der Waals surface area contributed by atoms with Crippen molar-refractivity contribution < 1.29 is 4.79 Å². The van der Waals surface area contributed by atoms with Crippen molar-refractivity contribution in [2.45, 2.75) is 33.2 Å². The van der Waals surface area contributed by atoms with Gasteiger partial charge >= 0.3 is 0 Å². The summed E-state index contributed by atoms with van der Waals surface area (Å²) in [5, 5.41) is 4.38. The van der Waals surface area contributed by atoms with E-state index in [0.717, 1.165) is 22.3 Å². The van der Waals surface area contributed by atoms with E-state index in [2.05, 4.69) is 44.3 Å². The van der Waals surface area contributed by atoms with Gasteiger partial charge in [-0.05, 0) is 30.5 Å². The molecule has 0 fully saturated rings. The summed E-state index contributed by atoms with van der Waals surface area (Å²) in [5.41, 5.74) is 3.92. The van der Waals surface area contributed by atoms with E-state index < -0.39 is 0 Å². The molecule has 0 bridgehead atoms. The lowest BCUT2D eigenvalue weighted by Crippen LogP contribution is -2.08. The van der Waals surface area contributed by atoms with Crippen LogP contribution in [0.2, 0.25) is 0 Å². The number of nitrogens with one attached hydrogen (secondary N) is 1. The number of carbonyl (C=O) groups is 1. The summed E-state index contributed by atoms with van der Waals surface area (Å²) in [5.74, 6) is 1.03. The molecule has 0 amide bonds. The van der Waals surface area contributed by atoms with Crippen molar-refractivity contribution in [3.8, 4) is 11.3 Å². The molecule has 31 heavy (non-hydrogen) atoms. The van der Waals surface area contributed by atoms with Crippen LogP contribution in [0.4, 0.5) is 5.82 Å². The predicted molar refractivity (Wildman–Crippen MR) is 123 cm³/mol. The zero-order chi connectivity index (χ0) is 21.8. The first-order valence-corrected chi connectivity index (χ1v) is 10.4. The molecule has 2 aromatic heterocycles. The van der Waals surface area contributed by atoms with Crippen LogP contribution in [-0.2, 0) is 0 Å². The molecular formula is C25H25N5O. The largest absolute Gasteiger partial charge is 0.363 e. The molecule has 156 valence electrons. The van der Waals surface area contributed by atoms with Crippen molar-refractivity contribution in [2.24, 2.45) is 5.92 Å². The number of ketones is 1. The van der Waals surface area contributed by atoms with Gasteiger partial charge in [0.15, 0.2) is 5.78 Å². The van der Waals surface area contributed by atoms with E-state index in [1.807, 2.05) is 50.2 Å². The molecule has 0 saturated heterocycles. The molecule has 0 aliphatic carbocycles. The average Bonchev–Trinajstić information content (AvgIpc) is 2.79. The second-order valence-corrected chi connectivity index (χ2v) is 8.04. The Labute approximate surface area is 181 Å². The van der Waals surface area contributed by atoms with Crippen LogP contribution in [0.5, 0.6) is 0 Å². The highest BCUT2D eigenvalue weighted by molar-refractivity contribution is 5.95. The summed E-state index contributed by atoms with van der Waals surface area (Å²) < 4.78 is 0. The predicted octanol–water partition coefficient (Wildman–Crippen LogP) is 5.49. The minimum absolute atomic E-state index is 0.00696. The van der Waals surface area contributed by atoms with Crippen LogP contribution in [0.15, 0.2) is 67.3 Å². The van der Waals surface area contributed by atoms with Gasteiger partial charge in [0, 0.05) is 23.4 Å². The van der Waals surface area contributed by atoms with Gasteiger partial charge in [-0.3, -0.25) is 9.78 Å². The third kappa shape index (κ3) is 4.74. The summed E-state index contributed by atoms with van der Waals surface area (Å²) in [7, 11) is 0. The second-order valence-electron chi connectivity index (χ2n) is 8.04. The van der Waals surface area contributed by atoms with Crippen LogP contribution in [0.25, 0.3) is 22.2 Å². The molecule has 1 N–H and O–H groups in total. The van der Waals surface area contributed by atoms with Crippen LogP contribution in [-0.4, -0.2) is 25.7 Å². The fourth-order valence-corrected chi connectivity index (χ4v) is 3.48. The molecule has 0 aliphatic heterocycles. The van der Waals surface area contributed by atoms with Gasteiger partial charge in [-0.1, -0.05) is 50.2 Å². The van der Waals surface area contributed by atoms with Gasteiger partial charge < -0.3 is 5.32 Å². The Bertz CT molecular complexity index is 1210. The minimum Gasteiger partial charge on any atom is -0.363 e. The van der Waals surface area contributed by atoms with Crippen LogP contribution in [0.1, 0.15) is 49.3 Å². The lowest BCUT2D eigenvalue weighted by atomic mass is 10.0. The van der Waals surface area contributed by atoms with Gasteiger partial charge in [-0.25, -0.2) is 15.0 Å². The van der Waals surface area contributed by atoms with Gasteiger partial charge in [-0.2, -0.15) is 0 Å². The molecule has 6 heteroatoms. The van der Waals surface area contributed by atoms with Gasteiger partial charge in [-0.15, -0.1) is 0 Å². The molecule has 0 aliphatic rings. The van der Waals surface area contributed by atoms with Crippen molar-refractivity contribution in [3.63, 3.8) is 0 Å². The van der Waals surface area contributed by atoms with E-state index in [9.17, 15) is 4.79 Å². The number of anilines is 1. The highest BCUT2D eigenvalue weighted by Crippen LogP contribution is 2.28. The van der Waals surface area contributed by atoms with Crippen LogP contribution >= 0.6 is 0 Å². The normalized spacial score (nSPS) is 12.1. The summed E-state index contributed by atoms with van der Waals surface area (Å²) in [4.78, 5) is 30.1. The van der Waals surface area contributed by atoms with E-state index in [1.165, 1.54) is 11.8 Å². The molecule has 2 heterocycles. The zero-order valence-electron chi connectivity index (χ0n) is 17.9. The second kappa shape index (κ2) is 9.00. The van der Waals surface area contributed by atoms with Crippen molar-refractivity contribution >= 4 is 22.5 Å². The molecule has 0 unspecified atom stereocenters. The number of fused-ring (bicyclic) bond motifs is 1. The Kier molecular flexibility index (Phi) is 5.98. The first-order valence-electron chi connectivity index (χ1n) is 10.4. The number of benzene rings is 2. The molecule has 1 atom stereocenters. The molecule has 0 saturated carbocycles. The summed E-state index contributed by atoms with van der Waals surface area (Å²) in [6.45, 7) is 6.13. The maximum absolute atomic E-state index is 12.4. The Balaban J connectivity index is 1.68. The van der Waals surface area contributed by atoms with Crippen molar-refractivity contribution in [1.82, 2.24) is 19.9 Å². The molecular weight excluding hydrogens is 386 g/mol. The number of rotatable bonds is 7. The SMILES string of the molecule is CC(C)CC(=O)c1cncc(-c2ccc3ncnc(N[C@H](C)c4ccccc4)c3c2)n1. The minimum atomic E-state index is 0.00696. The topological polar surface area (TPSA) is 80.7 Å². The number of hydrogen-bond donors (Lipinski definition) is 1. The van der Waals surface area contributed by atoms with Gasteiger partial charge in [0.1, 0.15) is 17.8 Å². The number of nitrogens with zero attached hydrogens (tertiary/aromatic N) is 4. The first kappa shape index (κ1) is 20.6. The fourth-order valence-electron chi connectivity index (χ4n) is 3.48. The zero-order valence-corrected chi connectivity index (χ0v) is 17.9. The van der Waals surface area contributed by atoms with Crippen LogP contribution in [0.3, 0.4) is 0 Å². The van der Waals surface area contributed by atoms with E-state index in [0.29, 0.717) is 17.8 Å². The van der Waals surface area contributed by atoms with Crippen molar-refractivity contribution in [1.29, 1.82) is 0 Å².